The molecule has 6 heteroatoms. The molecule has 2 rings (SSSR count). The minimum absolute atomic E-state index is 0.192. The maximum Gasteiger partial charge on any atom is 0.313 e. The molecule has 1 aliphatic rings. The molecule has 100 valence electrons. The van der Waals surface area contributed by atoms with E-state index < -0.39 is 0 Å². The van der Waals surface area contributed by atoms with Gasteiger partial charge in [0.1, 0.15) is 11.4 Å². The zero-order chi connectivity index (χ0) is 13.3. The molecular formula is C12H20N4O2. The Hall–Kier alpha value is -1.43. The molecule has 0 aromatic carbocycles. The van der Waals surface area contributed by atoms with Crippen molar-refractivity contribution in [2.75, 3.05) is 7.05 Å². The first-order chi connectivity index (χ1) is 8.58. The summed E-state index contributed by atoms with van der Waals surface area (Å²) in [4.78, 5) is 10.9. The van der Waals surface area contributed by atoms with E-state index in [2.05, 4.69) is 10.4 Å². The van der Waals surface area contributed by atoms with Gasteiger partial charge in [0.15, 0.2) is 0 Å². The van der Waals surface area contributed by atoms with Gasteiger partial charge in [-0.05, 0) is 39.7 Å². The third kappa shape index (κ3) is 2.38. The molecule has 1 aromatic rings. The van der Waals surface area contributed by atoms with E-state index in [4.69, 9.17) is 0 Å². The highest BCUT2D eigenvalue weighted by molar-refractivity contribution is 5.41. The van der Waals surface area contributed by atoms with Crippen LogP contribution in [-0.2, 0) is 13.0 Å². The molecule has 0 spiro atoms. The second-order valence-electron chi connectivity index (χ2n) is 4.89. The lowest BCUT2D eigenvalue weighted by Crippen LogP contribution is -2.30. The zero-order valence-corrected chi connectivity index (χ0v) is 11.1. The highest BCUT2D eigenvalue weighted by atomic mass is 16.6. The van der Waals surface area contributed by atoms with E-state index in [1.165, 1.54) is 12.8 Å². The van der Waals surface area contributed by atoms with Gasteiger partial charge in [0.05, 0.1) is 4.92 Å². The summed E-state index contributed by atoms with van der Waals surface area (Å²) in [7, 11) is 1.92. The molecule has 1 atom stereocenters. The first kappa shape index (κ1) is 13.0. The van der Waals surface area contributed by atoms with Gasteiger partial charge in [0.2, 0.25) is 0 Å². The minimum Gasteiger partial charge on any atom is -0.316 e. The van der Waals surface area contributed by atoms with Crippen molar-refractivity contribution < 1.29 is 4.92 Å². The Bertz CT molecular complexity index is 451. The third-order valence-corrected chi connectivity index (χ3v) is 3.66. The largest absolute Gasteiger partial charge is 0.316 e. The van der Waals surface area contributed by atoms with Crippen LogP contribution >= 0.6 is 0 Å². The summed E-state index contributed by atoms with van der Waals surface area (Å²) in [6.45, 7) is 4.34. The highest BCUT2D eigenvalue weighted by Gasteiger charge is 2.34. The quantitative estimate of drug-likeness (QED) is 0.617. The lowest BCUT2D eigenvalue weighted by atomic mass is 10.1. The van der Waals surface area contributed by atoms with Gasteiger partial charge in [-0.25, -0.2) is 0 Å². The van der Waals surface area contributed by atoms with Crippen molar-refractivity contribution >= 4 is 5.69 Å². The van der Waals surface area contributed by atoms with E-state index in [-0.39, 0.29) is 10.6 Å². The Kier molecular flexibility index (Phi) is 3.65. The monoisotopic (exact) mass is 252 g/mol. The van der Waals surface area contributed by atoms with Crippen LogP contribution in [-0.4, -0.2) is 27.8 Å². The minimum atomic E-state index is -0.302. The molecule has 0 saturated heterocycles. The van der Waals surface area contributed by atoms with Crippen molar-refractivity contribution in [1.29, 1.82) is 0 Å². The number of rotatable bonds is 6. The number of nitrogens with zero attached hydrogens (tertiary/aromatic N) is 3. The van der Waals surface area contributed by atoms with E-state index in [0.717, 1.165) is 5.69 Å². The normalized spacial score (nSPS) is 16.8. The summed E-state index contributed by atoms with van der Waals surface area (Å²) < 4.78 is 1.76. The molecule has 1 heterocycles. The number of nitrogens with one attached hydrogen (secondary N) is 1. The lowest BCUT2D eigenvalue weighted by molar-refractivity contribution is -0.386. The van der Waals surface area contributed by atoms with Gasteiger partial charge in [-0.15, -0.1) is 0 Å². The predicted octanol–water partition coefficient (Wildman–Crippen LogP) is 1.66. The van der Waals surface area contributed by atoms with E-state index in [1.807, 2.05) is 14.0 Å². The Morgan fingerprint density at radius 2 is 2.28 bits per heavy atom. The Balaban J connectivity index is 2.31. The molecule has 1 unspecified atom stereocenters. The van der Waals surface area contributed by atoms with Crippen molar-refractivity contribution in [2.45, 2.75) is 45.7 Å². The number of aromatic nitrogens is 2. The van der Waals surface area contributed by atoms with Crippen LogP contribution in [0.25, 0.3) is 0 Å². The SMILES string of the molecule is CCn1nc(C)c([N+](=O)[O-])c1CC(NC)C1CC1. The second-order valence-corrected chi connectivity index (χ2v) is 4.89. The van der Waals surface area contributed by atoms with Gasteiger partial charge in [0.25, 0.3) is 0 Å². The molecule has 1 aromatic heterocycles. The fourth-order valence-corrected chi connectivity index (χ4v) is 2.53. The topological polar surface area (TPSA) is 73.0 Å². The molecule has 1 aliphatic carbocycles. The summed E-state index contributed by atoms with van der Waals surface area (Å²) in [5, 5.41) is 18.7. The molecule has 0 amide bonds. The number of hydrogen-bond acceptors (Lipinski definition) is 4. The number of aryl methyl sites for hydroxylation is 2. The van der Waals surface area contributed by atoms with Crippen molar-refractivity contribution in [3.8, 4) is 0 Å². The molecule has 0 bridgehead atoms. The van der Waals surface area contributed by atoms with Crippen LogP contribution in [0.5, 0.6) is 0 Å². The highest BCUT2D eigenvalue weighted by Crippen LogP contribution is 2.35. The van der Waals surface area contributed by atoms with E-state index in [0.29, 0.717) is 30.6 Å². The smallest absolute Gasteiger partial charge is 0.313 e. The van der Waals surface area contributed by atoms with Gasteiger partial charge in [-0.1, -0.05) is 0 Å². The fraction of sp³-hybridized carbons (Fsp3) is 0.750. The molecule has 1 N–H and O–H groups in total. The molecular weight excluding hydrogens is 232 g/mol. The maximum atomic E-state index is 11.2. The third-order valence-electron chi connectivity index (χ3n) is 3.66. The van der Waals surface area contributed by atoms with Crippen molar-refractivity contribution in [1.82, 2.24) is 15.1 Å². The van der Waals surface area contributed by atoms with Crippen molar-refractivity contribution in [3.05, 3.63) is 21.5 Å². The second kappa shape index (κ2) is 5.06. The summed E-state index contributed by atoms with van der Waals surface area (Å²) in [5.41, 5.74) is 1.46. The van der Waals surface area contributed by atoms with Crippen LogP contribution in [0.3, 0.4) is 0 Å². The van der Waals surface area contributed by atoms with E-state index in [1.54, 1.807) is 11.6 Å². The Morgan fingerprint density at radius 3 is 2.72 bits per heavy atom. The van der Waals surface area contributed by atoms with Crippen molar-refractivity contribution in [3.63, 3.8) is 0 Å². The van der Waals surface area contributed by atoms with Gasteiger partial charge in [0, 0.05) is 19.0 Å². The first-order valence-corrected chi connectivity index (χ1v) is 6.46. The summed E-state index contributed by atoms with van der Waals surface area (Å²) in [6.07, 6.45) is 3.13. The average Bonchev–Trinajstić information content (AvgIpc) is 3.10. The van der Waals surface area contributed by atoms with Crippen LogP contribution in [0.15, 0.2) is 0 Å². The summed E-state index contributed by atoms with van der Waals surface area (Å²) >= 11 is 0. The summed E-state index contributed by atoms with van der Waals surface area (Å²) in [6, 6.07) is 0.324. The standard InChI is InChI=1S/C12H20N4O2/c1-4-15-11(7-10(13-3)9-5-6-9)12(16(17)18)8(2)14-15/h9-10,13H,4-7H2,1-3H3. The summed E-state index contributed by atoms with van der Waals surface area (Å²) in [5.74, 6) is 0.662. The van der Waals surface area contributed by atoms with Gasteiger partial charge < -0.3 is 5.32 Å². The number of nitro groups is 1. The lowest BCUT2D eigenvalue weighted by Gasteiger charge is -2.15. The van der Waals surface area contributed by atoms with Crippen LogP contribution in [0.4, 0.5) is 5.69 Å². The predicted molar refractivity (Wildman–Crippen MR) is 68.6 cm³/mol. The molecule has 1 saturated carbocycles. The zero-order valence-electron chi connectivity index (χ0n) is 11.1. The number of hydrogen-bond donors (Lipinski definition) is 1. The molecule has 6 nitrogen and oxygen atoms in total. The first-order valence-electron chi connectivity index (χ1n) is 6.46. The van der Waals surface area contributed by atoms with Crippen molar-refractivity contribution in [2.24, 2.45) is 5.92 Å². The van der Waals surface area contributed by atoms with E-state index in [9.17, 15) is 10.1 Å². The number of likely N-dealkylation sites (N-methyl/N-ethyl adjacent to an activating group) is 1. The van der Waals surface area contributed by atoms with Crippen LogP contribution in [0.1, 0.15) is 31.2 Å². The van der Waals surface area contributed by atoms with Crippen LogP contribution in [0, 0.1) is 23.0 Å². The van der Waals surface area contributed by atoms with E-state index >= 15 is 0 Å². The van der Waals surface area contributed by atoms with Gasteiger partial charge >= 0.3 is 5.69 Å². The fourth-order valence-electron chi connectivity index (χ4n) is 2.53. The Morgan fingerprint density at radius 1 is 1.61 bits per heavy atom. The van der Waals surface area contributed by atoms with Crippen LogP contribution in [0.2, 0.25) is 0 Å². The average molecular weight is 252 g/mol. The maximum absolute atomic E-state index is 11.2. The molecule has 1 fully saturated rings. The molecule has 0 radical (unpaired) electrons. The van der Waals surface area contributed by atoms with Crippen LogP contribution < -0.4 is 5.32 Å². The van der Waals surface area contributed by atoms with Gasteiger partial charge in [-0.3, -0.25) is 14.8 Å². The molecule has 0 aliphatic heterocycles. The van der Waals surface area contributed by atoms with Gasteiger partial charge in [-0.2, -0.15) is 5.10 Å². The molecule has 18 heavy (non-hydrogen) atoms. The Labute approximate surface area is 107 Å².